The topological polar surface area (TPSA) is 0 Å². The molecule has 0 aliphatic heterocycles. The van der Waals surface area contributed by atoms with Crippen molar-refractivity contribution in [1.82, 2.24) is 0 Å². The number of hydrogen-bond acceptors (Lipinski definition) is 0. The molecule has 0 heteroatoms. The molecule has 0 spiro atoms. The van der Waals surface area contributed by atoms with Crippen LogP contribution in [0.2, 0.25) is 0 Å². The van der Waals surface area contributed by atoms with E-state index in [2.05, 4.69) is 0 Å². The monoisotopic (exact) mass is 449 g/mol. The van der Waals surface area contributed by atoms with Gasteiger partial charge in [0, 0.05) is 0 Å². The number of rotatable bonds is 0. The maximum Gasteiger partial charge on any atom is -0.0386 e. The first-order chi connectivity index (χ1) is 15.9. The van der Waals surface area contributed by atoms with Crippen LogP contribution in [0.4, 0.5) is 0 Å². The average molecular weight is 449 g/mol. The predicted molar refractivity (Wildman–Crippen MR) is 147 cm³/mol. The zero-order chi connectivity index (χ0) is 23.6. The van der Waals surface area contributed by atoms with Gasteiger partial charge in [-0.15, -0.1) is 0 Å². The molecular formula is C32H64. The second-order valence-corrected chi connectivity index (χ2v) is 10.9. The zero-order valence-electron chi connectivity index (χ0n) is 23.6. The maximum absolute atomic E-state index is 2.00. The molecule has 6 saturated carbocycles. The minimum Gasteiger partial charge on any atom is -0.0683 e. The Morgan fingerprint density at radius 2 is 0.375 bits per heavy atom. The van der Waals surface area contributed by atoms with Crippen LogP contribution >= 0.6 is 0 Å². The van der Waals surface area contributed by atoms with E-state index in [1.165, 1.54) is 75.0 Å². The lowest BCUT2D eigenvalue weighted by Crippen LogP contribution is -2.28. The lowest BCUT2D eigenvalue weighted by atomic mass is 9.66. The van der Waals surface area contributed by atoms with Gasteiger partial charge in [-0.25, -0.2) is 0 Å². The van der Waals surface area contributed by atoms with Crippen molar-refractivity contribution in [2.75, 3.05) is 0 Å². The number of hydrogen-bond donors (Lipinski definition) is 0. The fraction of sp³-hybridized carbons (Fsp3) is 1.00. The molecule has 2 atom stereocenters. The molecule has 6 aliphatic carbocycles. The molecule has 0 radical (unpaired) electrons. The van der Waals surface area contributed by atoms with Gasteiger partial charge in [-0.05, 0) is 48.3 Å². The highest BCUT2D eigenvalue weighted by Gasteiger charge is 2.32. The molecule has 0 N–H and O–H groups in total. The predicted octanol–water partition coefficient (Wildman–Crippen LogP) is 11.6. The normalized spacial score (nSPS) is 35.8. The molecule has 0 aromatic carbocycles. The Balaban J connectivity index is 0.000000216. The van der Waals surface area contributed by atoms with E-state index in [0.717, 1.165) is 11.8 Å². The molecule has 2 unspecified atom stereocenters. The van der Waals surface area contributed by atoms with Crippen LogP contribution in [0.5, 0.6) is 0 Å². The van der Waals surface area contributed by atoms with Crippen LogP contribution in [-0.4, -0.2) is 0 Å². The van der Waals surface area contributed by atoms with E-state index in [4.69, 9.17) is 0 Å². The largest absolute Gasteiger partial charge is 0.0683 e. The van der Waals surface area contributed by atoms with Crippen LogP contribution in [0.3, 0.4) is 0 Å². The van der Waals surface area contributed by atoms with Crippen LogP contribution in [0.25, 0.3) is 0 Å². The molecule has 6 aliphatic rings. The van der Waals surface area contributed by atoms with Crippen LogP contribution in [0.15, 0.2) is 0 Å². The standard InChI is InChI=1S/C10H18.2C8H14.3C2H6/c1-2-6-10-8-4-3-7-9(10)5-1;1-3-7-5-2-6-8(7)4-1;1-2-4-8-6-5-7(8)3-1;3*1-2/h9-10H,1-8H2;2*7-8H,1-6H2;3*1-2H3. The van der Waals surface area contributed by atoms with Crippen molar-refractivity contribution < 1.29 is 0 Å². The molecule has 6 rings (SSSR count). The minimum atomic E-state index is 1.16. The fourth-order valence-corrected chi connectivity index (χ4v) is 7.58. The van der Waals surface area contributed by atoms with Gasteiger partial charge in [0.05, 0.1) is 0 Å². The summed E-state index contributed by atoms with van der Waals surface area (Å²) >= 11 is 0. The van der Waals surface area contributed by atoms with Crippen molar-refractivity contribution in [3.8, 4) is 0 Å². The molecule has 6 fully saturated rings. The molecule has 0 amide bonds. The Morgan fingerprint density at radius 3 is 0.531 bits per heavy atom. The number of fused-ring (bicyclic) bond motifs is 3. The van der Waals surface area contributed by atoms with Gasteiger partial charge >= 0.3 is 0 Å². The Morgan fingerprint density at radius 1 is 0.219 bits per heavy atom. The van der Waals surface area contributed by atoms with E-state index in [9.17, 15) is 0 Å². The zero-order valence-corrected chi connectivity index (χ0v) is 23.6. The highest BCUT2D eigenvalue weighted by molar-refractivity contribution is 4.84. The third-order valence-corrected chi connectivity index (χ3v) is 9.41. The van der Waals surface area contributed by atoms with E-state index in [1.807, 2.05) is 41.5 Å². The second kappa shape index (κ2) is 19.3. The molecular weight excluding hydrogens is 384 g/mol. The summed E-state index contributed by atoms with van der Waals surface area (Å²) in [5, 5.41) is 0. The van der Waals surface area contributed by atoms with E-state index >= 15 is 0 Å². The smallest absolute Gasteiger partial charge is 0.0386 e. The van der Waals surface area contributed by atoms with Crippen molar-refractivity contribution >= 4 is 0 Å². The third-order valence-electron chi connectivity index (χ3n) is 9.41. The Labute approximate surface area is 205 Å². The third kappa shape index (κ3) is 10.1. The van der Waals surface area contributed by atoms with Crippen molar-refractivity contribution in [1.29, 1.82) is 0 Å². The first-order valence-corrected chi connectivity index (χ1v) is 15.9. The summed E-state index contributed by atoms with van der Waals surface area (Å²) in [6, 6.07) is 0. The maximum atomic E-state index is 2.00. The van der Waals surface area contributed by atoms with Crippen molar-refractivity contribution in [2.45, 2.75) is 170 Å². The minimum absolute atomic E-state index is 1.16. The quantitative estimate of drug-likeness (QED) is 0.345. The van der Waals surface area contributed by atoms with Gasteiger partial charge in [0.2, 0.25) is 0 Å². The summed E-state index contributed by atoms with van der Waals surface area (Å²) in [6.45, 7) is 12.0. The molecule has 192 valence electrons. The summed E-state index contributed by atoms with van der Waals surface area (Å²) < 4.78 is 0. The highest BCUT2D eigenvalue weighted by Crippen LogP contribution is 2.45. The highest BCUT2D eigenvalue weighted by atomic mass is 14.4. The van der Waals surface area contributed by atoms with E-state index in [0.29, 0.717) is 0 Å². The van der Waals surface area contributed by atoms with Gasteiger partial charge in [-0.2, -0.15) is 0 Å². The SMILES string of the molecule is C1CC2CCCC2C1.C1CCC2CCC2C1.C1CCC2CCCCC2C1.CC.CC.CC. The summed E-state index contributed by atoms with van der Waals surface area (Å²) in [7, 11) is 0. The molecule has 0 bridgehead atoms. The average Bonchev–Trinajstić information content (AvgIpc) is 3.51. The van der Waals surface area contributed by atoms with E-state index in [-0.39, 0.29) is 0 Å². The van der Waals surface area contributed by atoms with Crippen LogP contribution in [0.1, 0.15) is 170 Å². The van der Waals surface area contributed by atoms with Gasteiger partial charge in [-0.1, -0.05) is 157 Å². The van der Waals surface area contributed by atoms with E-state index < -0.39 is 0 Å². The lowest BCUT2D eigenvalue weighted by Gasteiger charge is -2.40. The molecule has 0 heterocycles. The first-order valence-electron chi connectivity index (χ1n) is 15.9. The lowest BCUT2D eigenvalue weighted by molar-refractivity contribution is 0.115. The summed E-state index contributed by atoms with van der Waals surface area (Å²) in [6.07, 6.45) is 31.0. The second-order valence-electron chi connectivity index (χ2n) is 10.9. The molecule has 0 saturated heterocycles. The molecule has 32 heavy (non-hydrogen) atoms. The molecule has 0 nitrogen and oxygen atoms in total. The fourth-order valence-electron chi connectivity index (χ4n) is 7.58. The Bertz CT molecular complexity index is 341. The molecule has 0 aromatic rings. The Kier molecular flexibility index (Phi) is 18.1. The van der Waals surface area contributed by atoms with Crippen LogP contribution in [-0.2, 0) is 0 Å². The van der Waals surface area contributed by atoms with Crippen molar-refractivity contribution in [3.05, 3.63) is 0 Å². The van der Waals surface area contributed by atoms with E-state index in [1.54, 1.807) is 77.0 Å². The van der Waals surface area contributed by atoms with Crippen LogP contribution in [0, 0.1) is 35.5 Å². The summed E-state index contributed by atoms with van der Waals surface area (Å²) in [4.78, 5) is 0. The van der Waals surface area contributed by atoms with Gasteiger partial charge in [0.1, 0.15) is 0 Å². The van der Waals surface area contributed by atoms with Crippen molar-refractivity contribution in [2.24, 2.45) is 35.5 Å². The van der Waals surface area contributed by atoms with Gasteiger partial charge in [-0.3, -0.25) is 0 Å². The van der Waals surface area contributed by atoms with Gasteiger partial charge in [0.15, 0.2) is 0 Å². The summed E-state index contributed by atoms with van der Waals surface area (Å²) in [5.74, 6) is 7.03. The Hall–Kier alpha value is 0. The van der Waals surface area contributed by atoms with Gasteiger partial charge in [0.25, 0.3) is 0 Å². The van der Waals surface area contributed by atoms with Crippen LogP contribution < -0.4 is 0 Å². The first kappa shape index (κ1) is 30.0. The van der Waals surface area contributed by atoms with Crippen molar-refractivity contribution in [3.63, 3.8) is 0 Å². The van der Waals surface area contributed by atoms with Gasteiger partial charge < -0.3 is 0 Å². The summed E-state index contributed by atoms with van der Waals surface area (Å²) in [5.41, 5.74) is 0. The molecule has 0 aromatic heterocycles.